The van der Waals surface area contributed by atoms with Gasteiger partial charge < -0.3 is 10.6 Å². The average Bonchev–Trinajstić information content (AvgIpc) is 2.74. The number of benzene rings is 2. The Morgan fingerprint density at radius 3 is 1.39 bits per heavy atom. The fraction of sp³-hybridized carbons (Fsp3) is 0.250. The molecule has 4 heteroatoms. The summed E-state index contributed by atoms with van der Waals surface area (Å²) in [5, 5.41) is 5.78. The lowest BCUT2D eigenvalue weighted by Gasteiger charge is -2.04. The number of unbranched alkanes of at least 4 members (excludes halogenated alkanes) is 3. The molecule has 2 N–H and O–H groups in total. The Balaban J connectivity index is 1.46. The van der Waals surface area contributed by atoms with Gasteiger partial charge in [0.25, 0.3) is 0 Å². The third-order valence-corrected chi connectivity index (χ3v) is 4.16. The van der Waals surface area contributed by atoms with Crippen LogP contribution in [0.2, 0.25) is 0 Å². The third kappa shape index (κ3) is 9.53. The average molecular weight is 377 g/mol. The topological polar surface area (TPSA) is 58.2 Å². The zero-order valence-corrected chi connectivity index (χ0v) is 16.1. The molecule has 0 fully saturated rings. The van der Waals surface area contributed by atoms with E-state index in [0.29, 0.717) is 13.1 Å². The lowest BCUT2D eigenvalue weighted by Crippen LogP contribution is -2.23. The molecule has 28 heavy (non-hydrogen) atoms. The predicted octanol–water partition coefficient (Wildman–Crippen LogP) is 4.21. The third-order valence-electron chi connectivity index (χ3n) is 4.16. The summed E-state index contributed by atoms with van der Waals surface area (Å²) in [7, 11) is 0. The van der Waals surface area contributed by atoms with E-state index in [0.717, 1.165) is 36.8 Å². The molecule has 4 nitrogen and oxygen atoms in total. The van der Waals surface area contributed by atoms with Crippen molar-refractivity contribution in [3.05, 3.63) is 83.9 Å². The Labute approximate surface area is 167 Å². The van der Waals surface area contributed by atoms with Crippen LogP contribution in [0.4, 0.5) is 0 Å². The second kappa shape index (κ2) is 13.1. The Hall–Kier alpha value is -3.14. The van der Waals surface area contributed by atoms with Crippen LogP contribution in [0.5, 0.6) is 0 Å². The minimum atomic E-state index is -0.0682. The number of amides is 2. The van der Waals surface area contributed by atoms with Gasteiger partial charge in [0.1, 0.15) is 0 Å². The number of carbonyl (C=O) groups excluding carboxylic acids is 2. The van der Waals surface area contributed by atoms with Gasteiger partial charge in [-0.05, 0) is 36.1 Å². The monoisotopic (exact) mass is 376 g/mol. The zero-order valence-electron chi connectivity index (χ0n) is 16.1. The van der Waals surface area contributed by atoms with Crippen LogP contribution in [0.1, 0.15) is 36.8 Å². The molecule has 0 aliphatic carbocycles. The van der Waals surface area contributed by atoms with Crippen LogP contribution in [-0.4, -0.2) is 24.9 Å². The van der Waals surface area contributed by atoms with Crippen molar-refractivity contribution in [2.75, 3.05) is 13.1 Å². The van der Waals surface area contributed by atoms with E-state index in [1.807, 2.05) is 72.8 Å². The molecule has 0 aromatic heterocycles. The van der Waals surface area contributed by atoms with Crippen molar-refractivity contribution in [2.24, 2.45) is 0 Å². The van der Waals surface area contributed by atoms with Crippen LogP contribution >= 0.6 is 0 Å². The fourth-order valence-electron chi connectivity index (χ4n) is 2.62. The van der Waals surface area contributed by atoms with Crippen LogP contribution in [0, 0.1) is 0 Å². The molecule has 2 rings (SSSR count). The predicted molar refractivity (Wildman–Crippen MR) is 115 cm³/mol. The number of rotatable bonds is 11. The summed E-state index contributed by atoms with van der Waals surface area (Å²) in [5.41, 5.74) is 2.02. The van der Waals surface area contributed by atoms with E-state index in [4.69, 9.17) is 0 Å². The lowest BCUT2D eigenvalue weighted by molar-refractivity contribution is -0.117. The van der Waals surface area contributed by atoms with Crippen molar-refractivity contribution in [3.63, 3.8) is 0 Å². The van der Waals surface area contributed by atoms with Gasteiger partial charge in [0.05, 0.1) is 0 Å². The highest BCUT2D eigenvalue weighted by Gasteiger charge is 1.97. The molecule has 2 aromatic rings. The molecule has 0 bridgehead atoms. The Kier molecular flexibility index (Phi) is 9.90. The van der Waals surface area contributed by atoms with Crippen LogP contribution in [0.3, 0.4) is 0 Å². The normalized spacial score (nSPS) is 11.0. The van der Waals surface area contributed by atoms with Gasteiger partial charge in [0.2, 0.25) is 11.8 Å². The Bertz CT molecular complexity index is 700. The molecule has 146 valence electrons. The standard InChI is InChI=1S/C24H28N2O2/c27-23(17-15-21-11-5-3-6-12-21)25-19-9-1-2-10-20-26-24(28)18-16-22-13-7-4-8-14-22/h3-8,11-18H,1-2,9-10,19-20H2,(H,25,27)(H,26,28). The van der Waals surface area contributed by atoms with Crippen molar-refractivity contribution in [1.82, 2.24) is 10.6 Å². The van der Waals surface area contributed by atoms with E-state index in [-0.39, 0.29) is 11.8 Å². The number of carbonyl (C=O) groups is 2. The first-order chi connectivity index (χ1) is 13.7. The fourth-order valence-corrected chi connectivity index (χ4v) is 2.62. The zero-order chi connectivity index (χ0) is 19.9. The summed E-state index contributed by atoms with van der Waals surface area (Å²) in [6.07, 6.45) is 10.7. The molecule has 0 unspecified atom stereocenters. The van der Waals surface area contributed by atoms with E-state index in [1.165, 1.54) is 0 Å². The number of hydrogen-bond acceptors (Lipinski definition) is 2. The number of nitrogens with one attached hydrogen (secondary N) is 2. The molecule has 0 heterocycles. The van der Waals surface area contributed by atoms with Gasteiger partial charge >= 0.3 is 0 Å². The van der Waals surface area contributed by atoms with Gasteiger partial charge in [0.15, 0.2) is 0 Å². The molecule has 0 atom stereocenters. The highest BCUT2D eigenvalue weighted by Crippen LogP contribution is 2.02. The number of hydrogen-bond donors (Lipinski definition) is 2. The summed E-state index contributed by atoms with van der Waals surface area (Å²) < 4.78 is 0. The summed E-state index contributed by atoms with van der Waals surface area (Å²) in [4.78, 5) is 23.5. The van der Waals surface area contributed by atoms with Gasteiger partial charge in [-0.3, -0.25) is 9.59 Å². The molecule has 0 aliphatic heterocycles. The van der Waals surface area contributed by atoms with Crippen LogP contribution in [0.15, 0.2) is 72.8 Å². The second-order valence-electron chi connectivity index (χ2n) is 6.48. The Morgan fingerprint density at radius 2 is 1.00 bits per heavy atom. The van der Waals surface area contributed by atoms with Gasteiger partial charge in [-0.1, -0.05) is 73.5 Å². The van der Waals surface area contributed by atoms with E-state index in [9.17, 15) is 9.59 Å². The van der Waals surface area contributed by atoms with E-state index in [2.05, 4.69) is 10.6 Å². The largest absolute Gasteiger partial charge is 0.353 e. The minimum Gasteiger partial charge on any atom is -0.353 e. The van der Waals surface area contributed by atoms with Crippen LogP contribution in [0.25, 0.3) is 12.2 Å². The van der Waals surface area contributed by atoms with Gasteiger partial charge in [0, 0.05) is 25.2 Å². The summed E-state index contributed by atoms with van der Waals surface area (Å²) >= 11 is 0. The van der Waals surface area contributed by atoms with Crippen molar-refractivity contribution in [2.45, 2.75) is 25.7 Å². The van der Waals surface area contributed by atoms with Crippen molar-refractivity contribution < 1.29 is 9.59 Å². The first-order valence-electron chi connectivity index (χ1n) is 9.76. The van der Waals surface area contributed by atoms with E-state index in [1.54, 1.807) is 12.2 Å². The molecular weight excluding hydrogens is 348 g/mol. The maximum atomic E-state index is 11.7. The van der Waals surface area contributed by atoms with Crippen LogP contribution in [-0.2, 0) is 9.59 Å². The van der Waals surface area contributed by atoms with E-state index >= 15 is 0 Å². The van der Waals surface area contributed by atoms with Crippen molar-refractivity contribution in [3.8, 4) is 0 Å². The van der Waals surface area contributed by atoms with Gasteiger partial charge in [-0.2, -0.15) is 0 Å². The maximum absolute atomic E-state index is 11.7. The highest BCUT2D eigenvalue weighted by atomic mass is 16.2. The molecule has 2 amide bonds. The molecule has 2 aromatic carbocycles. The van der Waals surface area contributed by atoms with Crippen molar-refractivity contribution in [1.29, 1.82) is 0 Å². The quantitative estimate of drug-likeness (QED) is 0.456. The van der Waals surface area contributed by atoms with Crippen molar-refractivity contribution >= 4 is 24.0 Å². The first-order valence-corrected chi connectivity index (χ1v) is 9.76. The summed E-state index contributed by atoms with van der Waals surface area (Å²) in [5.74, 6) is -0.136. The van der Waals surface area contributed by atoms with Gasteiger partial charge in [-0.15, -0.1) is 0 Å². The molecule has 0 saturated heterocycles. The molecule has 0 aliphatic rings. The van der Waals surface area contributed by atoms with Crippen LogP contribution < -0.4 is 10.6 Å². The van der Waals surface area contributed by atoms with Gasteiger partial charge in [-0.25, -0.2) is 0 Å². The summed E-state index contributed by atoms with van der Waals surface area (Å²) in [6.45, 7) is 1.34. The smallest absolute Gasteiger partial charge is 0.243 e. The maximum Gasteiger partial charge on any atom is 0.243 e. The molecule has 0 saturated carbocycles. The first kappa shape index (κ1) is 21.2. The molecule has 0 spiro atoms. The Morgan fingerprint density at radius 1 is 0.607 bits per heavy atom. The lowest BCUT2D eigenvalue weighted by atomic mass is 10.2. The molecule has 0 radical (unpaired) electrons. The highest BCUT2D eigenvalue weighted by molar-refractivity contribution is 5.92. The van der Waals surface area contributed by atoms with E-state index < -0.39 is 0 Å². The summed E-state index contributed by atoms with van der Waals surface area (Å²) in [6, 6.07) is 19.5. The second-order valence-corrected chi connectivity index (χ2v) is 6.48. The SMILES string of the molecule is O=C(C=Cc1ccccc1)NCCCCCCNC(=O)C=Cc1ccccc1. The molecular formula is C24H28N2O2. The minimum absolute atomic E-state index is 0.0682.